The number of fused-ring (bicyclic) bond motifs is 7. The van der Waals surface area contributed by atoms with E-state index in [4.69, 9.17) is 0 Å². The van der Waals surface area contributed by atoms with Gasteiger partial charge in [-0.25, -0.2) is 0 Å². The van der Waals surface area contributed by atoms with Crippen molar-refractivity contribution in [2.24, 2.45) is 0 Å². The molecular weight excluding hydrogens is 324 g/mol. The molecule has 0 saturated heterocycles. The fraction of sp³-hybridized carbons (Fsp3) is 0.0909. The molecule has 3 heteroatoms. The lowest BCUT2D eigenvalue weighted by Crippen LogP contribution is -2.40. The van der Waals surface area contributed by atoms with Crippen molar-refractivity contribution in [2.75, 3.05) is 0 Å². The predicted octanol–water partition coefficient (Wildman–Crippen LogP) is 4.26. The highest BCUT2D eigenvalue weighted by Gasteiger charge is 2.36. The molecule has 25 heavy (non-hydrogen) atoms. The van der Waals surface area contributed by atoms with Crippen molar-refractivity contribution >= 4 is 30.1 Å². The van der Waals surface area contributed by atoms with E-state index >= 15 is 0 Å². The monoisotopic (exact) mass is 342 g/mol. The summed E-state index contributed by atoms with van der Waals surface area (Å²) in [4.78, 5) is 21.4. The Hall–Kier alpha value is -2.46. The third-order valence-electron chi connectivity index (χ3n) is 5.23. The van der Waals surface area contributed by atoms with Crippen LogP contribution in [0.1, 0.15) is 11.1 Å². The zero-order valence-electron chi connectivity index (χ0n) is 13.7. The largest absolute Gasteiger partial charge is 0.410 e. The van der Waals surface area contributed by atoms with Crippen molar-refractivity contribution in [3.63, 3.8) is 0 Å². The highest BCUT2D eigenvalue weighted by Crippen LogP contribution is 2.42. The Kier molecular flexibility index (Phi) is 3.13. The van der Waals surface area contributed by atoms with Crippen LogP contribution in [0.25, 0.3) is 32.7 Å². The average Bonchev–Trinajstić information content (AvgIpc) is 2.73. The molecule has 0 amide bonds. The maximum Gasteiger partial charge on any atom is 0.341 e. The molecule has 0 atom stereocenters. The second-order valence-corrected chi connectivity index (χ2v) is 9.65. The molecule has 0 saturated carbocycles. The predicted molar refractivity (Wildman–Crippen MR) is 104 cm³/mol. The molecule has 0 aromatic heterocycles. The Morgan fingerprint density at radius 3 is 1.48 bits per heavy atom. The molecular formula is C22H18O2Si. The maximum atomic E-state index is 10.7. The molecule has 0 fully saturated rings. The van der Waals surface area contributed by atoms with E-state index < -0.39 is 8.56 Å². The van der Waals surface area contributed by atoms with Crippen LogP contribution in [0.2, 0.25) is 0 Å². The van der Waals surface area contributed by atoms with Gasteiger partial charge in [-0.3, -0.25) is 0 Å². The van der Waals surface area contributed by atoms with Crippen molar-refractivity contribution < 1.29 is 9.59 Å². The summed E-state index contributed by atoms with van der Waals surface area (Å²) in [6.45, 7) is 0. The van der Waals surface area contributed by atoms with Crippen LogP contribution in [0.3, 0.4) is 0 Å². The molecule has 2 N–H and O–H groups in total. The molecule has 0 radical (unpaired) electrons. The molecule has 0 spiro atoms. The van der Waals surface area contributed by atoms with E-state index in [1.54, 1.807) is 0 Å². The van der Waals surface area contributed by atoms with E-state index in [0.717, 1.165) is 11.1 Å². The minimum absolute atomic E-state index is 0.371. The van der Waals surface area contributed by atoms with Gasteiger partial charge in [-0.2, -0.15) is 0 Å². The van der Waals surface area contributed by atoms with E-state index in [-0.39, 0.29) is 0 Å². The van der Waals surface area contributed by atoms with Gasteiger partial charge in [-0.15, -0.1) is 0 Å². The standard InChI is InChI=1S/C22H18O2Si/c23-25(24)13-17-11-9-15-5-1-3-7-19(15)21(17)22-18(14-25)12-10-16-6-2-4-8-20(16)22/h1-12,23-24H,13-14H2. The van der Waals surface area contributed by atoms with Crippen molar-refractivity contribution in [1.29, 1.82) is 0 Å². The van der Waals surface area contributed by atoms with Crippen molar-refractivity contribution in [2.45, 2.75) is 12.1 Å². The fourth-order valence-electron chi connectivity index (χ4n) is 4.19. The Bertz CT molecular complexity index is 1040. The third kappa shape index (κ3) is 2.32. The van der Waals surface area contributed by atoms with E-state index in [1.807, 2.05) is 12.1 Å². The van der Waals surface area contributed by atoms with Crippen LogP contribution in [0.15, 0.2) is 72.8 Å². The Balaban J connectivity index is 2.00. The first-order chi connectivity index (χ1) is 12.1. The lowest BCUT2D eigenvalue weighted by atomic mass is 9.88. The molecule has 4 aromatic rings. The van der Waals surface area contributed by atoms with Crippen LogP contribution >= 0.6 is 0 Å². The third-order valence-corrected chi connectivity index (χ3v) is 7.12. The van der Waals surface area contributed by atoms with Gasteiger partial charge in [-0.1, -0.05) is 72.8 Å². The van der Waals surface area contributed by atoms with Crippen LogP contribution in [0, 0.1) is 0 Å². The van der Waals surface area contributed by atoms with Crippen molar-refractivity contribution in [3.8, 4) is 11.1 Å². The Labute approximate surface area is 147 Å². The van der Waals surface area contributed by atoms with Gasteiger partial charge in [0.1, 0.15) is 0 Å². The Morgan fingerprint density at radius 2 is 1.00 bits per heavy atom. The van der Waals surface area contributed by atoms with E-state index in [1.165, 1.54) is 32.7 Å². The van der Waals surface area contributed by atoms with Gasteiger partial charge in [0.05, 0.1) is 0 Å². The van der Waals surface area contributed by atoms with Crippen LogP contribution < -0.4 is 0 Å². The quantitative estimate of drug-likeness (QED) is 0.469. The smallest absolute Gasteiger partial charge is 0.341 e. The van der Waals surface area contributed by atoms with E-state index in [0.29, 0.717) is 12.1 Å². The second kappa shape index (κ2) is 5.26. The SMILES string of the molecule is O[Si]1(O)Cc2ccc3ccccc3c2-c2c(ccc3ccccc23)C1. The summed E-state index contributed by atoms with van der Waals surface area (Å²) in [5, 5.41) is 4.74. The molecule has 1 aliphatic heterocycles. The number of hydrogen-bond donors (Lipinski definition) is 2. The molecule has 1 aliphatic rings. The molecule has 2 nitrogen and oxygen atoms in total. The highest BCUT2D eigenvalue weighted by atomic mass is 28.4. The molecule has 0 aliphatic carbocycles. The summed E-state index contributed by atoms with van der Waals surface area (Å²) in [6, 6.07) is 25.8. The first-order valence-electron chi connectivity index (χ1n) is 8.59. The van der Waals surface area contributed by atoms with Crippen LogP contribution in [-0.4, -0.2) is 18.2 Å². The summed E-state index contributed by atoms with van der Waals surface area (Å²) >= 11 is 0. The lowest BCUT2D eigenvalue weighted by molar-refractivity contribution is 0.357. The van der Waals surface area contributed by atoms with Gasteiger partial charge in [0.25, 0.3) is 0 Å². The zero-order chi connectivity index (χ0) is 17.0. The summed E-state index contributed by atoms with van der Waals surface area (Å²) in [7, 11) is -3.32. The summed E-state index contributed by atoms with van der Waals surface area (Å²) < 4.78 is 0. The number of rotatable bonds is 0. The molecule has 122 valence electrons. The van der Waals surface area contributed by atoms with Gasteiger partial charge in [0.2, 0.25) is 0 Å². The molecule has 1 heterocycles. The minimum atomic E-state index is -3.32. The summed E-state index contributed by atoms with van der Waals surface area (Å²) in [6.07, 6.45) is 0. The van der Waals surface area contributed by atoms with Gasteiger partial charge < -0.3 is 9.59 Å². The normalized spacial score (nSPS) is 15.6. The maximum absolute atomic E-state index is 10.7. The lowest BCUT2D eigenvalue weighted by Gasteiger charge is -2.16. The molecule has 4 aromatic carbocycles. The van der Waals surface area contributed by atoms with Gasteiger partial charge in [0.15, 0.2) is 0 Å². The highest BCUT2D eigenvalue weighted by molar-refractivity contribution is 6.64. The average molecular weight is 342 g/mol. The fourth-order valence-corrected chi connectivity index (χ4v) is 6.13. The summed E-state index contributed by atoms with van der Waals surface area (Å²) in [5.41, 5.74) is 4.43. The number of benzene rings is 4. The first-order valence-corrected chi connectivity index (χ1v) is 10.9. The first kappa shape index (κ1) is 14.8. The van der Waals surface area contributed by atoms with Gasteiger partial charge in [0, 0.05) is 12.1 Å². The van der Waals surface area contributed by atoms with E-state index in [9.17, 15) is 9.59 Å². The zero-order valence-corrected chi connectivity index (χ0v) is 14.7. The van der Waals surface area contributed by atoms with Crippen LogP contribution in [-0.2, 0) is 12.1 Å². The van der Waals surface area contributed by atoms with Crippen molar-refractivity contribution in [1.82, 2.24) is 0 Å². The Morgan fingerprint density at radius 1 is 0.560 bits per heavy atom. The molecule has 0 bridgehead atoms. The molecule has 0 unspecified atom stereocenters. The van der Waals surface area contributed by atoms with Gasteiger partial charge in [-0.05, 0) is 43.8 Å². The minimum Gasteiger partial charge on any atom is -0.410 e. The van der Waals surface area contributed by atoms with Crippen molar-refractivity contribution in [3.05, 3.63) is 83.9 Å². The van der Waals surface area contributed by atoms with Gasteiger partial charge >= 0.3 is 8.56 Å². The van der Waals surface area contributed by atoms with E-state index in [2.05, 4.69) is 60.7 Å². The number of hydrogen-bond acceptors (Lipinski definition) is 2. The summed E-state index contributed by atoms with van der Waals surface area (Å²) in [5.74, 6) is 0. The topological polar surface area (TPSA) is 40.5 Å². The van der Waals surface area contributed by atoms with Crippen LogP contribution in [0.4, 0.5) is 0 Å². The van der Waals surface area contributed by atoms with Crippen LogP contribution in [0.5, 0.6) is 0 Å². The molecule has 5 rings (SSSR count). The second-order valence-electron chi connectivity index (χ2n) is 6.98.